The van der Waals surface area contributed by atoms with Crippen molar-refractivity contribution < 1.29 is 9.90 Å². The molecule has 0 aromatic heterocycles. The summed E-state index contributed by atoms with van der Waals surface area (Å²) in [6.07, 6.45) is 17.9. The number of carbonyl (C=O) groups is 1. The Morgan fingerprint density at radius 1 is 0.941 bits per heavy atom. The molecule has 0 amide bonds. The lowest BCUT2D eigenvalue weighted by molar-refractivity contribution is -0.137. The van der Waals surface area contributed by atoms with E-state index in [1.807, 2.05) is 0 Å². The maximum atomic E-state index is 10.3. The third-order valence-corrected chi connectivity index (χ3v) is 2.59. The molecule has 17 heavy (non-hydrogen) atoms. The number of carboxylic acid groups (broad SMARTS) is 1. The predicted molar refractivity (Wildman–Crippen MR) is 73.1 cm³/mol. The molecule has 0 heterocycles. The van der Waals surface area contributed by atoms with Gasteiger partial charge in [0.05, 0.1) is 0 Å². The van der Waals surface area contributed by atoms with E-state index in [0.717, 1.165) is 25.7 Å². The number of hydrogen-bond acceptors (Lipinski definition) is 1. The van der Waals surface area contributed by atoms with Gasteiger partial charge < -0.3 is 5.11 Å². The van der Waals surface area contributed by atoms with Gasteiger partial charge >= 0.3 is 5.97 Å². The van der Waals surface area contributed by atoms with Crippen molar-refractivity contribution in [2.24, 2.45) is 0 Å². The van der Waals surface area contributed by atoms with Gasteiger partial charge in [-0.15, -0.1) is 0 Å². The second-order valence-electron chi connectivity index (χ2n) is 4.31. The second-order valence-corrected chi connectivity index (χ2v) is 4.31. The summed E-state index contributed by atoms with van der Waals surface area (Å²) >= 11 is 0. The summed E-state index contributed by atoms with van der Waals surface area (Å²) in [6, 6.07) is 0. The summed E-state index contributed by atoms with van der Waals surface area (Å²) in [4.78, 5) is 10.3. The minimum absolute atomic E-state index is 0.297. The predicted octanol–water partition coefficient (Wildman–Crippen LogP) is 4.71. The fourth-order valence-electron chi connectivity index (χ4n) is 1.56. The molecule has 0 saturated heterocycles. The van der Waals surface area contributed by atoms with Crippen molar-refractivity contribution in [3.8, 4) is 0 Å². The van der Waals surface area contributed by atoms with Gasteiger partial charge in [0.1, 0.15) is 0 Å². The monoisotopic (exact) mass is 238 g/mol. The molecule has 0 atom stereocenters. The van der Waals surface area contributed by atoms with Gasteiger partial charge in [-0.3, -0.25) is 4.79 Å². The number of rotatable bonds is 11. The van der Waals surface area contributed by atoms with Crippen LogP contribution in [0.15, 0.2) is 24.3 Å². The van der Waals surface area contributed by atoms with Gasteiger partial charge in [0.2, 0.25) is 0 Å². The van der Waals surface area contributed by atoms with Crippen molar-refractivity contribution in [3.05, 3.63) is 24.3 Å². The molecule has 0 unspecified atom stereocenters. The van der Waals surface area contributed by atoms with Crippen LogP contribution in [0.1, 0.15) is 64.7 Å². The largest absolute Gasteiger partial charge is 0.481 e. The molecule has 0 aliphatic rings. The smallest absolute Gasteiger partial charge is 0.303 e. The van der Waals surface area contributed by atoms with Gasteiger partial charge in [0.25, 0.3) is 0 Å². The van der Waals surface area contributed by atoms with Crippen LogP contribution in [0.4, 0.5) is 0 Å². The van der Waals surface area contributed by atoms with Crippen molar-refractivity contribution in [2.75, 3.05) is 0 Å². The third kappa shape index (κ3) is 14.9. The first kappa shape index (κ1) is 16.0. The van der Waals surface area contributed by atoms with Crippen LogP contribution in [0.25, 0.3) is 0 Å². The lowest BCUT2D eigenvalue weighted by Crippen LogP contribution is -1.92. The first-order valence-corrected chi connectivity index (χ1v) is 6.79. The summed E-state index contributed by atoms with van der Waals surface area (Å²) in [7, 11) is 0. The van der Waals surface area contributed by atoms with Crippen LogP contribution in [0.3, 0.4) is 0 Å². The van der Waals surface area contributed by atoms with E-state index < -0.39 is 5.97 Å². The van der Waals surface area contributed by atoms with E-state index in [9.17, 15) is 4.79 Å². The molecule has 0 rings (SSSR count). The Balaban J connectivity index is 3.21. The number of aliphatic carboxylic acids is 1. The summed E-state index contributed by atoms with van der Waals surface area (Å²) < 4.78 is 0. The standard InChI is InChI=1S/C15H26O2/c1-2-3-4-5-6-7-8-9-10-11-12-13-14-15(16)17/h6-7,9-10H,2-5,8,11-14H2,1H3,(H,16,17). The Kier molecular flexibility index (Phi) is 12.2. The maximum absolute atomic E-state index is 10.3. The number of carboxylic acids is 1. The summed E-state index contributed by atoms with van der Waals surface area (Å²) in [5.74, 6) is -0.691. The molecule has 1 N–H and O–H groups in total. The van der Waals surface area contributed by atoms with Crippen LogP contribution >= 0.6 is 0 Å². The zero-order chi connectivity index (χ0) is 12.8. The first-order valence-electron chi connectivity index (χ1n) is 6.79. The molecule has 0 spiro atoms. The van der Waals surface area contributed by atoms with E-state index in [0.29, 0.717) is 6.42 Å². The van der Waals surface area contributed by atoms with Crippen molar-refractivity contribution in [2.45, 2.75) is 64.7 Å². The average Bonchev–Trinajstić information content (AvgIpc) is 2.30. The lowest BCUT2D eigenvalue weighted by Gasteiger charge is -1.93. The van der Waals surface area contributed by atoms with E-state index in [1.54, 1.807) is 0 Å². The molecule has 0 bridgehead atoms. The highest BCUT2D eigenvalue weighted by Crippen LogP contribution is 2.02. The normalized spacial score (nSPS) is 11.6. The van der Waals surface area contributed by atoms with E-state index in [1.165, 1.54) is 25.7 Å². The van der Waals surface area contributed by atoms with Gasteiger partial charge in [-0.2, -0.15) is 0 Å². The molecule has 2 nitrogen and oxygen atoms in total. The molecule has 0 aliphatic carbocycles. The number of hydrogen-bond donors (Lipinski definition) is 1. The van der Waals surface area contributed by atoms with E-state index in [2.05, 4.69) is 31.2 Å². The van der Waals surface area contributed by atoms with Gasteiger partial charge in [-0.25, -0.2) is 0 Å². The van der Waals surface area contributed by atoms with Gasteiger partial charge in [0.15, 0.2) is 0 Å². The zero-order valence-electron chi connectivity index (χ0n) is 11.0. The molecule has 0 aromatic carbocycles. The first-order chi connectivity index (χ1) is 8.27. The second kappa shape index (κ2) is 13.0. The van der Waals surface area contributed by atoms with Crippen LogP contribution in [0.2, 0.25) is 0 Å². The van der Waals surface area contributed by atoms with Gasteiger partial charge in [-0.05, 0) is 38.5 Å². The molecule has 98 valence electrons. The Morgan fingerprint density at radius 2 is 1.53 bits per heavy atom. The lowest BCUT2D eigenvalue weighted by atomic mass is 10.1. The molecule has 2 heteroatoms. The van der Waals surface area contributed by atoms with Crippen molar-refractivity contribution in [3.63, 3.8) is 0 Å². The van der Waals surface area contributed by atoms with Gasteiger partial charge in [-0.1, -0.05) is 44.1 Å². The zero-order valence-corrected chi connectivity index (χ0v) is 11.0. The molecule has 0 radical (unpaired) electrons. The Bertz CT molecular complexity index is 229. The molecule has 0 fully saturated rings. The average molecular weight is 238 g/mol. The topological polar surface area (TPSA) is 37.3 Å². The van der Waals surface area contributed by atoms with Crippen LogP contribution in [-0.4, -0.2) is 11.1 Å². The highest BCUT2D eigenvalue weighted by molar-refractivity contribution is 5.66. The highest BCUT2D eigenvalue weighted by Gasteiger charge is 1.93. The van der Waals surface area contributed by atoms with Crippen molar-refractivity contribution in [1.29, 1.82) is 0 Å². The Labute approximate surface area is 105 Å². The Hall–Kier alpha value is -1.05. The minimum atomic E-state index is -0.691. The third-order valence-electron chi connectivity index (χ3n) is 2.59. The van der Waals surface area contributed by atoms with Crippen LogP contribution in [-0.2, 0) is 4.79 Å². The quantitative estimate of drug-likeness (QED) is 0.418. The van der Waals surface area contributed by atoms with E-state index in [4.69, 9.17) is 5.11 Å². The van der Waals surface area contributed by atoms with Crippen LogP contribution in [0.5, 0.6) is 0 Å². The van der Waals surface area contributed by atoms with Gasteiger partial charge in [0, 0.05) is 6.42 Å². The maximum Gasteiger partial charge on any atom is 0.303 e. The fraction of sp³-hybridized carbons (Fsp3) is 0.667. The van der Waals surface area contributed by atoms with Crippen LogP contribution < -0.4 is 0 Å². The summed E-state index contributed by atoms with van der Waals surface area (Å²) in [5, 5.41) is 8.45. The van der Waals surface area contributed by atoms with Crippen molar-refractivity contribution >= 4 is 5.97 Å². The number of allylic oxidation sites excluding steroid dienone is 4. The van der Waals surface area contributed by atoms with Crippen molar-refractivity contribution in [1.82, 2.24) is 0 Å². The SMILES string of the molecule is CCCCCC=CCC=CCCCCC(=O)O. The minimum Gasteiger partial charge on any atom is -0.481 e. The molecule has 0 saturated carbocycles. The Morgan fingerprint density at radius 3 is 2.06 bits per heavy atom. The number of unbranched alkanes of at least 4 members (excludes halogenated alkanes) is 5. The fourth-order valence-corrected chi connectivity index (χ4v) is 1.56. The molecule has 0 aromatic rings. The highest BCUT2D eigenvalue weighted by atomic mass is 16.4. The van der Waals surface area contributed by atoms with E-state index >= 15 is 0 Å². The molecular formula is C15H26O2. The summed E-state index contributed by atoms with van der Waals surface area (Å²) in [5.41, 5.74) is 0. The molecule has 0 aliphatic heterocycles. The van der Waals surface area contributed by atoms with E-state index in [-0.39, 0.29) is 0 Å². The van der Waals surface area contributed by atoms with Crippen LogP contribution in [0, 0.1) is 0 Å². The summed E-state index contributed by atoms with van der Waals surface area (Å²) in [6.45, 7) is 2.22. The molecular weight excluding hydrogens is 212 g/mol.